The van der Waals surface area contributed by atoms with Gasteiger partial charge in [0.05, 0.1) is 25.4 Å². The zero-order valence-corrected chi connectivity index (χ0v) is 10.7. The molecule has 1 atom stereocenters. The average Bonchev–Trinajstić information content (AvgIpc) is 2.37. The van der Waals surface area contributed by atoms with Crippen LogP contribution in [0.5, 0.6) is 5.75 Å². The number of ether oxygens (including phenoxy) is 2. The first-order valence-electron chi connectivity index (χ1n) is 5.96. The van der Waals surface area contributed by atoms with Crippen molar-refractivity contribution in [3.05, 3.63) is 23.8 Å². The van der Waals surface area contributed by atoms with Gasteiger partial charge in [-0.15, -0.1) is 0 Å². The molecule has 98 valence electrons. The van der Waals surface area contributed by atoms with Gasteiger partial charge in [0, 0.05) is 24.8 Å². The van der Waals surface area contributed by atoms with Gasteiger partial charge in [-0.3, -0.25) is 4.79 Å². The average molecular weight is 250 g/mol. The van der Waals surface area contributed by atoms with Gasteiger partial charge in [0.2, 0.25) is 0 Å². The van der Waals surface area contributed by atoms with E-state index in [1.54, 1.807) is 23.1 Å². The van der Waals surface area contributed by atoms with Gasteiger partial charge >= 0.3 is 0 Å². The lowest BCUT2D eigenvalue weighted by atomic mass is 10.1. The fourth-order valence-electron chi connectivity index (χ4n) is 2.06. The Morgan fingerprint density at radius 3 is 3.00 bits per heavy atom. The van der Waals surface area contributed by atoms with Crippen LogP contribution in [0.2, 0.25) is 0 Å². The van der Waals surface area contributed by atoms with Crippen LogP contribution >= 0.6 is 0 Å². The largest absolute Gasteiger partial charge is 0.496 e. The molecule has 1 aromatic carbocycles. The molecule has 1 saturated heterocycles. The number of carbonyl (C=O) groups excluding carboxylic acids is 1. The van der Waals surface area contributed by atoms with E-state index in [0.29, 0.717) is 36.7 Å². The lowest BCUT2D eigenvalue weighted by molar-refractivity contribution is -0.0125. The predicted molar refractivity (Wildman–Crippen MR) is 68.7 cm³/mol. The highest BCUT2D eigenvalue weighted by Gasteiger charge is 2.24. The molecule has 2 rings (SSSR count). The second kappa shape index (κ2) is 5.27. The van der Waals surface area contributed by atoms with E-state index in [9.17, 15) is 4.79 Å². The summed E-state index contributed by atoms with van der Waals surface area (Å²) in [6, 6.07) is 5.08. The third-order valence-electron chi connectivity index (χ3n) is 2.98. The zero-order valence-electron chi connectivity index (χ0n) is 10.7. The van der Waals surface area contributed by atoms with Gasteiger partial charge < -0.3 is 20.1 Å². The summed E-state index contributed by atoms with van der Waals surface area (Å²) in [4.78, 5) is 14.2. The lowest BCUT2D eigenvalue weighted by Crippen LogP contribution is -2.44. The molecule has 5 heteroatoms. The van der Waals surface area contributed by atoms with Gasteiger partial charge in [-0.25, -0.2) is 0 Å². The van der Waals surface area contributed by atoms with Crippen LogP contribution in [0, 0.1) is 0 Å². The summed E-state index contributed by atoms with van der Waals surface area (Å²) in [5.74, 6) is 0.473. The number of amides is 1. The number of hydrogen-bond acceptors (Lipinski definition) is 4. The van der Waals surface area contributed by atoms with Crippen molar-refractivity contribution in [1.29, 1.82) is 0 Å². The number of nitrogens with two attached hydrogens (primary N) is 1. The van der Waals surface area contributed by atoms with Gasteiger partial charge in [0.25, 0.3) is 5.91 Å². The van der Waals surface area contributed by atoms with Gasteiger partial charge in [-0.1, -0.05) is 0 Å². The fourth-order valence-corrected chi connectivity index (χ4v) is 2.06. The van der Waals surface area contributed by atoms with Crippen molar-refractivity contribution in [2.24, 2.45) is 0 Å². The van der Waals surface area contributed by atoms with E-state index in [4.69, 9.17) is 15.2 Å². The summed E-state index contributed by atoms with van der Waals surface area (Å²) in [6.07, 6.45) is 0.0717. The summed E-state index contributed by atoms with van der Waals surface area (Å²) in [7, 11) is 1.54. The Balaban J connectivity index is 2.22. The molecule has 0 bridgehead atoms. The van der Waals surface area contributed by atoms with Crippen molar-refractivity contribution in [1.82, 2.24) is 4.90 Å². The van der Waals surface area contributed by atoms with Crippen LogP contribution in [0.4, 0.5) is 5.69 Å². The van der Waals surface area contributed by atoms with Gasteiger partial charge in [0.1, 0.15) is 5.75 Å². The topological polar surface area (TPSA) is 64.8 Å². The Bertz CT molecular complexity index is 448. The van der Waals surface area contributed by atoms with Gasteiger partial charge in [-0.2, -0.15) is 0 Å². The zero-order chi connectivity index (χ0) is 13.1. The van der Waals surface area contributed by atoms with E-state index in [1.165, 1.54) is 7.11 Å². The molecule has 1 aliphatic heterocycles. The highest BCUT2D eigenvalue weighted by atomic mass is 16.5. The molecule has 2 N–H and O–H groups in total. The monoisotopic (exact) mass is 250 g/mol. The number of rotatable bonds is 2. The summed E-state index contributed by atoms with van der Waals surface area (Å²) in [6.45, 7) is 3.74. The highest BCUT2D eigenvalue weighted by Crippen LogP contribution is 2.23. The maximum Gasteiger partial charge on any atom is 0.257 e. The summed E-state index contributed by atoms with van der Waals surface area (Å²) in [5, 5.41) is 0. The second-order valence-electron chi connectivity index (χ2n) is 4.39. The van der Waals surface area contributed by atoms with E-state index in [-0.39, 0.29) is 12.0 Å². The number of nitrogens with zero attached hydrogens (tertiary/aromatic N) is 1. The molecule has 1 heterocycles. The standard InChI is InChI=1S/C13H18N2O3/c1-9-8-15(5-6-18-9)13(16)11-4-3-10(14)7-12(11)17-2/h3-4,7,9H,5-6,8,14H2,1-2H3. The quantitative estimate of drug-likeness (QED) is 0.799. The third kappa shape index (κ3) is 2.56. The number of nitrogen functional groups attached to an aromatic ring is 1. The van der Waals surface area contributed by atoms with Crippen LogP contribution in [0.25, 0.3) is 0 Å². The molecule has 1 fully saturated rings. The number of morpholine rings is 1. The van der Waals surface area contributed by atoms with Gasteiger partial charge in [0.15, 0.2) is 0 Å². The smallest absolute Gasteiger partial charge is 0.257 e. The summed E-state index contributed by atoms with van der Waals surface area (Å²) < 4.78 is 10.6. The second-order valence-corrected chi connectivity index (χ2v) is 4.39. The lowest BCUT2D eigenvalue weighted by Gasteiger charge is -2.31. The maximum atomic E-state index is 12.4. The Morgan fingerprint density at radius 2 is 2.33 bits per heavy atom. The molecule has 1 aliphatic rings. The summed E-state index contributed by atoms with van der Waals surface area (Å²) >= 11 is 0. The molecule has 1 aromatic rings. The molecule has 18 heavy (non-hydrogen) atoms. The maximum absolute atomic E-state index is 12.4. The molecule has 0 spiro atoms. The Kier molecular flexibility index (Phi) is 3.72. The van der Waals surface area contributed by atoms with E-state index in [1.807, 2.05) is 6.92 Å². The molecular weight excluding hydrogens is 232 g/mol. The number of methoxy groups -OCH3 is 1. The first-order chi connectivity index (χ1) is 8.61. The fraction of sp³-hybridized carbons (Fsp3) is 0.462. The molecule has 0 aliphatic carbocycles. The third-order valence-corrected chi connectivity index (χ3v) is 2.98. The number of anilines is 1. The number of hydrogen-bond donors (Lipinski definition) is 1. The van der Waals surface area contributed by atoms with E-state index < -0.39 is 0 Å². The van der Waals surface area contributed by atoms with Crippen LogP contribution in [-0.4, -0.2) is 43.7 Å². The Morgan fingerprint density at radius 1 is 1.56 bits per heavy atom. The summed E-state index contributed by atoms with van der Waals surface area (Å²) in [5.41, 5.74) is 6.80. The minimum atomic E-state index is -0.0398. The Labute approximate surface area is 106 Å². The van der Waals surface area contributed by atoms with Crippen molar-refractivity contribution >= 4 is 11.6 Å². The molecule has 1 unspecified atom stereocenters. The Hall–Kier alpha value is -1.75. The predicted octanol–water partition coefficient (Wildman–Crippen LogP) is 1.14. The molecule has 0 radical (unpaired) electrons. The normalized spacial score (nSPS) is 19.7. The van der Waals surface area contributed by atoms with E-state index >= 15 is 0 Å². The number of carbonyl (C=O) groups is 1. The van der Waals surface area contributed by atoms with Crippen LogP contribution in [0.3, 0.4) is 0 Å². The van der Waals surface area contributed by atoms with Gasteiger partial charge in [-0.05, 0) is 19.1 Å². The molecule has 5 nitrogen and oxygen atoms in total. The first kappa shape index (κ1) is 12.7. The highest BCUT2D eigenvalue weighted by molar-refractivity contribution is 5.97. The SMILES string of the molecule is COc1cc(N)ccc1C(=O)N1CCOC(C)C1. The van der Waals surface area contributed by atoms with Crippen molar-refractivity contribution < 1.29 is 14.3 Å². The molecular formula is C13H18N2O3. The van der Waals surface area contributed by atoms with Crippen LogP contribution in [0.15, 0.2) is 18.2 Å². The van der Waals surface area contributed by atoms with Crippen molar-refractivity contribution in [3.8, 4) is 5.75 Å². The van der Waals surface area contributed by atoms with Crippen LogP contribution in [-0.2, 0) is 4.74 Å². The van der Waals surface area contributed by atoms with Crippen LogP contribution in [0.1, 0.15) is 17.3 Å². The van der Waals surface area contributed by atoms with E-state index in [0.717, 1.165) is 0 Å². The van der Waals surface area contributed by atoms with Crippen LogP contribution < -0.4 is 10.5 Å². The minimum Gasteiger partial charge on any atom is -0.496 e. The first-order valence-corrected chi connectivity index (χ1v) is 5.96. The van der Waals surface area contributed by atoms with Crippen molar-refractivity contribution in [2.45, 2.75) is 13.0 Å². The molecule has 0 aromatic heterocycles. The number of benzene rings is 1. The van der Waals surface area contributed by atoms with Crippen molar-refractivity contribution in [2.75, 3.05) is 32.5 Å². The van der Waals surface area contributed by atoms with Crippen molar-refractivity contribution in [3.63, 3.8) is 0 Å². The molecule has 1 amide bonds. The van der Waals surface area contributed by atoms with E-state index in [2.05, 4.69) is 0 Å². The molecule has 0 saturated carbocycles. The minimum absolute atomic E-state index is 0.0398.